The highest BCUT2D eigenvalue weighted by Crippen LogP contribution is 2.26. The molecule has 138 valence electrons. The van der Waals surface area contributed by atoms with Crippen molar-refractivity contribution in [1.82, 2.24) is 10.2 Å². The Morgan fingerprint density at radius 2 is 1.80 bits per heavy atom. The van der Waals surface area contributed by atoms with E-state index in [0.717, 1.165) is 24.2 Å². The average molecular weight is 348 g/mol. The second kappa shape index (κ2) is 8.74. The van der Waals surface area contributed by atoms with Gasteiger partial charge in [0.05, 0.1) is 7.11 Å². The molecule has 2 amide bonds. The van der Waals surface area contributed by atoms with Gasteiger partial charge in [-0.15, -0.1) is 0 Å². The molecule has 0 radical (unpaired) electrons. The number of nitrogens with one attached hydrogen (secondary N) is 1. The number of piperidine rings is 1. The van der Waals surface area contributed by atoms with E-state index in [9.17, 15) is 9.59 Å². The maximum Gasteiger partial charge on any atom is 0.409 e. The van der Waals surface area contributed by atoms with Crippen LogP contribution >= 0.6 is 0 Å². The molecule has 25 heavy (non-hydrogen) atoms. The van der Waals surface area contributed by atoms with E-state index >= 15 is 0 Å². The van der Waals surface area contributed by atoms with Gasteiger partial charge in [0.2, 0.25) is 0 Å². The number of hydrogen-bond acceptors (Lipinski definition) is 4. The summed E-state index contributed by atoms with van der Waals surface area (Å²) in [6.07, 6.45) is 0.553. The van der Waals surface area contributed by atoms with Crippen LogP contribution in [0.5, 0.6) is 5.75 Å². The fourth-order valence-electron chi connectivity index (χ4n) is 2.96. The normalized spacial score (nSPS) is 16.4. The lowest BCUT2D eigenvalue weighted by atomic mass is 10.0. The average Bonchev–Trinajstić information content (AvgIpc) is 2.61. The minimum atomic E-state index is -0.571. The number of carbonyl (C=O) groups excluding carboxylic acids is 2. The molecule has 1 aromatic carbocycles. The van der Waals surface area contributed by atoms with Gasteiger partial charge in [-0.3, -0.25) is 4.79 Å². The van der Waals surface area contributed by atoms with E-state index in [1.54, 1.807) is 11.8 Å². The fraction of sp³-hybridized carbons (Fsp3) is 0.579. The topological polar surface area (TPSA) is 67.9 Å². The first-order valence-electron chi connectivity index (χ1n) is 8.81. The third-order valence-electron chi connectivity index (χ3n) is 4.49. The summed E-state index contributed by atoms with van der Waals surface area (Å²) < 4.78 is 10.6. The van der Waals surface area contributed by atoms with Crippen LogP contribution in [0, 0.1) is 0 Å². The van der Waals surface area contributed by atoms with E-state index in [-0.39, 0.29) is 18.0 Å². The molecule has 0 spiro atoms. The van der Waals surface area contributed by atoms with Crippen molar-refractivity contribution in [3.8, 4) is 5.75 Å². The molecular weight excluding hydrogens is 320 g/mol. The smallest absolute Gasteiger partial charge is 0.409 e. The highest BCUT2D eigenvalue weighted by molar-refractivity contribution is 5.81. The Labute approximate surface area is 149 Å². The van der Waals surface area contributed by atoms with Crippen molar-refractivity contribution in [2.45, 2.75) is 51.7 Å². The summed E-state index contributed by atoms with van der Waals surface area (Å²) in [5, 5.41) is 3.02. The molecule has 6 nitrogen and oxygen atoms in total. The first-order valence-corrected chi connectivity index (χ1v) is 8.81. The molecule has 1 aromatic rings. The minimum absolute atomic E-state index is 0.0554. The number of amides is 2. The molecule has 0 saturated carbocycles. The molecule has 2 rings (SSSR count). The van der Waals surface area contributed by atoms with Crippen molar-refractivity contribution in [2.75, 3.05) is 20.2 Å². The highest BCUT2D eigenvalue weighted by atomic mass is 16.5. The second-order valence-corrected chi connectivity index (χ2v) is 6.69. The maximum absolute atomic E-state index is 12.4. The standard InChI is InChI=1S/C19H28N2O4/c1-13(2)16-7-5-6-8-17(16)25-14(3)18(22)20-15-9-11-21(12-10-15)19(23)24-4/h5-8,13-15H,9-12H2,1-4H3,(H,20,22). The van der Waals surface area contributed by atoms with Crippen LogP contribution in [-0.2, 0) is 9.53 Å². The summed E-state index contributed by atoms with van der Waals surface area (Å²) in [6.45, 7) is 7.13. The molecule has 1 atom stereocenters. The molecule has 1 saturated heterocycles. The molecule has 1 unspecified atom stereocenters. The van der Waals surface area contributed by atoms with Crippen LogP contribution < -0.4 is 10.1 Å². The summed E-state index contributed by atoms with van der Waals surface area (Å²) in [5.74, 6) is 0.949. The number of ether oxygens (including phenoxy) is 2. The van der Waals surface area contributed by atoms with Crippen molar-refractivity contribution >= 4 is 12.0 Å². The Hall–Kier alpha value is -2.24. The summed E-state index contributed by atoms with van der Waals surface area (Å²) in [7, 11) is 1.38. The molecule has 0 aliphatic carbocycles. The Balaban J connectivity index is 1.86. The zero-order valence-electron chi connectivity index (χ0n) is 15.5. The van der Waals surface area contributed by atoms with E-state index in [0.29, 0.717) is 19.0 Å². The molecule has 1 heterocycles. The highest BCUT2D eigenvalue weighted by Gasteiger charge is 2.26. The maximum atomic E-state index is 12.4. The second-order valence-electron chi connectivity index (χ2n) is 6.69. The molecule has 0 bridgehead atoms. The number of hydrogen-bond donors (Lipinski definition) is 1. The van der Waals surface area contributed by atoms with Crippen molar-refractivity contribution < 1.29 is 19.1 Å². The van der Waals surface area contributed by atoms with Crippen molar-refractivity contribution in [3.63, 3.8) is 0 Å². The largest absolute Gasteiger partial charge is 0.481 e. The van der Waals surface area contributed by atoms with Gasteiger partial charge < -0.3 is 19.7 Å². The lowest BCUT2D eigenvalue weighted by Crippen LogP contribution is -2.49. The number of carbonyl (C=O) groups is 2. The van der Waals surface area contributed by atoms with Gasteiger partial charge in [0, 0.05) is 19.1 Å². The number of para-hydroxylation sites is 1. The van der Waals surface area contributed by atoms with Gasteiger partial charge in [0.15, 0.2) is 6.10 Å². The number of rotatable bonds is 5. The van der Waals surface area contributed by atoms with Crippen LogP contribution in [0.3, 0.4) is 0 Å². The van der Waals surface area contributed by atoms with Crippen LogP contribution in [0.4, 0.5) is 4.79 Å². The zero-order valence-corrected chi connectivity index (χ0v) is 15.5. The van der Waals surface area contributed by atoms with E-state index in [4.69, 9.17) is 9.47 Å². The van der Waals surface area contributed by atoms with Gasteiger partial charge in [-0.1, -0.05) is 32.0 Å². The van der Waals surface area contributed by atoms with Crippen molar-refractivity contribution in [1.29, 1.82) is 0 Å². The molecule has 0 aromatic heterocycles. The van der Waals surface area contributed by atoms with E-state index in [2.05, 4.69) is 19.2 Å². The quantitative estimate of drug-likeness (QED) is 0.888. The van der Waals surface area contributed by atoms with Crippen LogP contribution in [0.25, 0.3) is 0 Å². The molecule has 6 heteroatoms. The molecule has 1 aliphatic rings. The number of nitrogens with zero attached hydrogens (tertiary/aromatic N) is 1. The summed E-state index contributed by atoms with van der Waals surface area (Å²) in [5.41, 5.74) is 1.09. The molecule has 1 fully saturated rings. The van der Waals surface area contributed by atoms with E-state index < -0.39 is 6.10 Å². The van der Waals surface area contributed by atoms with Gasteiger partial charge in [0.1, 0.15) is 5.75 Å². The number of likely N-dealkylation sites (tertiary alicyclic amines) is 1. The third-order valence-corrected chi connectivity index (χ3v) is 4.49. The lowest BCUT2D eigenvalue weighted by molar-refractivity contribution is -0.128. The Morgan fingerprint density at radius 3 is 2.40 bits per heavy atom. The van der Waals surface area contributed by atoms with Gasteiger partial charge in [-0.25, -0.2) is 4.79 Å². The van der Waals surface area contributed by atoms with Crippen LogP contribution in [-0.4, -0.2) is 49.2 Å². The third kappa shape index (κ3) is 5.11. The Bertz CT molecular complexity index is 595. The van der Waals surface area contributed by atoms with Gasteiger partial charge in [-0.2, -0.15) is 0 Å². The predicted molar refractivity (Wildman–Crippen MR) is 95.8 cm³/mol. The fourth-order valence-corrected chi connectivity index (χ4v) is 2.96. The first-order chi connectivity index (χ1) is 11.9. The molecular formula is C19H28N2O4. The predicted octanol–water partition coefficient (Wildman–Crippen LogP) is 2.92. The van der Waals surface area contributed by atoms with Crippen LogP contribution in [0.15, 0.2) is 24.3 Å². The number of methoxy groups -OCH3 is 1. The summed E-state index contributed by atoms with van der Waals surface area (Å²) >= 11 is 0. The van der Waals surface area contributed by atoms with Crippen molar-refractivity contribution in [3.05, 3.63) is 29.8 Å². The van der Waals surface area contributed by atoms with E-state index in [1.807, 2.05) is 24.3 Å². The first kappa shape index (κ1) is 19.1. The lowest BCUT2D eigenvalue weighted by Gasteiger charge is -2.32. The minimum Gasteiger partial charge on any atom is -0.481 e. The van der Waals surface area contributed by atoms with Gasteiger partial charge >= 0.3 is 6.09 Å². The Kier molecular flexibility index (Phi) is 6.67. The van der Waals surface area contributed by atoms with Crippen LogP contribution in [0.1, 0.15) is 45.1 Å². The summed E-state index contributed by atoms with van der Waals surface area (Å²) in [4.78, 5) is 25.6. The summed E-state index contributed by atoms with van der Waals surface area (Å²) in [6, 6.07) is 7.86. The monoisotopic (exact) mass is 348 g/mol. The molecule has 1 N–H and O–H groups in total. The molecule has 1 aliphatic heterocycles. The van der Waals surface area contributed by atoms with E-state index in [1.165, 1.54) is 7.11 Å². The van der Waals surface area contributed by atoms with Gasteiger partial charge in [-0.05, 0) is 37.3 Å². The number of benzene rings is 1. The zero-order chi connectivity index (χ0) is 18.4. The van der Waals surface area contributed by atoms with Crippen molar-refractivity contribution in [2.24, 2.45) is 0 Å². The van der Waals surface area contributed by atoms with Gasteiger partial charge in [0.25, 0.3) is 5.91 Å². The SMILES string of the molecule is COC(=O)N1CCC(NC(=O)C(C)Oc2ccccc2C(C)C)CC1. The Morgan fingerprint density at radius 1 is 1.16 bits per heavy atom. The van der Waals surface area contributed by atoms with Crippen LogP contribution in [0.2, 0.25) is 0 Å².